The average Bonchev–Trinajstić information content (AvgIpc) is 3.30. The minimum absolute atomic E-state index is 0.00153. The lowest BCUT2D eigenvalue weighted by atomic mass is 9.99. The standard InChI is InChI=1S/C47H81NO21S4/c1-3-5-7-9-11-13-15-17-19-21-23-25-30-34-40(65-46(50)38-32-28-27-29-33-38)39(48-42(49)35-31-26-24-22-20-18-16-14-12-10-8-6-4-2)36-63-47-45(69-73(60,61)62)44(68-72(57,58)59)43(67-71(54,55)56)41(66-47)37-64-70(51,52)53/h27-30,32-34,39-41,43-45,47H,3-26,31,35-37H2,1-2H3,(H,48,49)(H,51,52,53)(H,54,55,56)(H,57,58,59)(H,60,61,62)/b34-30+/t39-,40+,41+,43-,44-,45+,47-/m0/s1. The molecule has 0 unspecified atom stereocenters. The Morgan fingerprint density at radius 3 is 1.49 bits per heavy atom. The molecule has 424 valence electrons. The quantitative estimate of drug-likeness (QED) is 0.0177. The summed E-state index contributed by atoms with van der Waals surface area (Å²) in [5, 5.41) is 2.76. The van der Waals surface area contributed by atoms with Crippen LogP contribution in [0.4, 0.5) is 0 Å². The highest BCUT2D eigenvalue weighted by molar-refractivity contribution is 7.81. The van der Waals surface area contributed by atoms with Gasteiger partial charge in [0, 0.05) is 6.42 Å². The third-order valence-electron chi connectivity index (χ3n) is 11.9. The lowest BCUT2D eigenvalue weighted by Crippen LogP contribution is -2.63. The molecule has 26 heteroatoms. The van der Waals surface area contributed by atoms with E-state index in [-0.39, 0.29) is 12.0 Å². The molecule has 0 saturated carbocycles. The molecule has 0 aromatic heterocycles. The van der Waals surface area contributed by atoms with Crippen molar-refractivity contribution in [1.29, 1.82) is 0 Å². The third kappa shape index (κ3) is 33.2. The maximum absolute atomic E-state index is 13.7. The summed E-state index contributed by atoms with van der Waals surface area (Å²) in [5.41, 5.74) is 0.123. The van der Waals surface area contributed by atoms with Gasteiger partial charge in [0.1, 0.15) is 24.4 Å². The number of carbonyl (C=O) groups is 2. The summed E-state index contributed by atoms with van der Waals surface area (Å²) in [6, 6.07) is 6.42. The normalized spacial score (nSPS) is 19.7. The Labute approximate surface area is 434 Å². The Morgan fingerprint density at radius 2 is 1.03 bits per heavy atom. The molecule has 0 spiro atoms. The first kappa shape index (κ1) is 66.4. The molecule has 0 radical (unpaired) electrons. The van der Waals surface area contributed by atoms with E-state index >= 15 is 0 Å². The van der Waals surface area contributed by atoms with Gasteiger partial charge < -0.3 is 19.5 Å². The largest absolute Gasteiger partial charge is 0.452 e. The zero-order valence-electron chi connectivity index (χ0n) is 42.2. The van der Waals surface area contributed by atoms with Crippen molar-refractivity contribution in [2.24, 2.45) is 0 Å². The molecule has 0 aliphatic carbocycles. The Kier molecular flexibility index (Phi) is 33.1. The summed E-state index contributed by atoms with van der Waals surface area (Å²) < 4.78 is 169. The molecule has 2 rings (SSSR count). The minimum atomic E-state index is -5.80. The summed E-state index contributed by atoms with van der Waals surface area (Å²) in [6.07, 6.45) is 15.4. The van der Waals surface area contributed by atoms with Crippen LogP contribution in [0.3, 0.4) is 0 Å². The maximum Gasteiger partial charge on any atom is 0.397 e. The van der Waals surface area contributed by atoms with Gasteiger partial charge in [0.25, 0.3) is 0 Å². The molecule has 1 heterocycles. The van der Waals surface area contributed by atoms with E-state index in [1.165, 1.54) is 102 Å². The summed E-state index contributed by atoms with van der Waals surface area (Å²) >= 11 is 0. The van der Waals surface area contributed by atoms with Gasteiger partial charge in [-0.1, -0.05) is 179 Å². The molecule has 7 atom stereocenters. The third-order valence-corrected chi connectivity index (χ3v) is 13.7. The number of hydrogen-bond acceptors (Lipinski definition) is 17. The summed E-state index contributed by atoms with van der Waals surface area (Å²) in [6.45, 7) is 2.03. The fourth-order valence-electron chi connectivity index (χ4n) is 8.23. The Balaban J connectivity index is 2.44. The summed E-state index contributed by atoms with van der Waals surface area (Å²) in [5.74, 6) is -1.38. The Morgan fingerprint density at radius 1 is 0.589 bits per heavy atom. The number of ether oxygens (including phenoxy) is 3. The zero-order valence-corrected chi connectivity index (χ0v) is 45.5. The van der Waals surface area contributed by atoms with E-state index in [0.29, 0.717) is 12.8 Å². The predicted molar refractivity (Wildman–Crippen MR) is 269 cm³/mol. The zero-order chi connectivity index (χ0) is 54.2. The van der Waals surface area contributed by atoms with E-state index in [4.69, 9.17) is 14.2 Å². The first-order chi connectivity index (χ1) is 34.5. The monoisotopic (exact) mass is 1120 g/mol. The van der Waals surface area contributed by atoms with Crippen molar-refractivity contribution in [1.82, 2.24) is 5.32 Å². The lowest BCUT2D eigenvalue weighted by molar-refractivity contribution is -0.288. The first-order valence-corrected chi connectivity index (χ1v) is 31.1. The average molecular weight is 1120 g/mol. The molecular weight excluding hydrogens is 1040 g/mol. The number of unbranched alkanes of at least 4 members (excludes halogenated alkanes) is 23. The van der Waals surface area contributed by atoms with Crippen molar-refractivity contribution in [3.05, 3.63) is 48.0 Å². The van der Waals surface area contributed by atoms with Crippen LogP contribution < -0.4 is 5.32 Å². The van der Waals surface area contributed by atoms with Gasteiger partial charge in [-0.25, -0.2) is 21.5 Å². The highest BCUT2D eigenvalue weighted by Crippen LogP contribution is 2.32. The van der Waals surface area contributed by atoms with E-state index in [9.17, 15) is 61.5 Å². The number of hydrogen-bond donors (Lipinski definition) is 5. The molecular formula is C47H81NO21S4. The minimum Gasteiger partial charge on any atom is -0.452 e. The van der Waals surface area contributed by atoms with Crippen LogP contribution in [0, 0.1) is 0 Å². The van der Waals surface area contributed by atoms with E-state index in [0.717, 1.165) is 64.2 Å². The SMILES string of the molecule is CCCCCCCCCCCCC/C=C/[C@@H](OC(=O)c1ccccc1)[C@H](CO[C@H]1O[C@H](COS(=O)(=O)O)[C@H](OS(=O)(=O)O)[C@H](OS(=O)(=O)O)[C@H]1OS(=O)(=O)O)NC(=O)CCCCCCCCCCCCCCC. The van der Waals surface area contributed by atoms with E-state index in [2.05, 4.69) is 35.9 Å². The van der Waals surface area contributed by atoms with Crippen molar-refractivity contribution in [2.75, 3.05) is 13.2 Å². The van der Waals surface area contributed by atoms with Gasteiger partial charge >= 0.3 is 47.6 Å². The molecule has 1 aromatic carbocycles. The number of esters is 1. The molecule has 0 bridgehead atoms. The van der Waals surface area contributed by atoms with Gasteiger partial charge in [0.2, 0.25) is 5.91 Å². The van der Waals surface area contributed by atoms with Gasteiger partial charge in [-0.15, -0.1) is 0 Å². The number of carbonyl (C=O) groups excluding carboxylic acids is 2. The first-order valence-electron chi connectivity index (χ1n) is 25.6. The maximum atomic E-state index is 13.7. The van der Waals surface area contributed by atoms with Gasteiger partial charge in [-0.3, -0.25) is 23.0 Å². The van der Waals surface area contributed by atoms with E-state index < -0.39 is 110 Å². The van der Waals surface area contributed by atoms with Crippen LogP contribution in [0.2, 0.25) is 0 Å². The summed E-state index contributed by atoms with van der Waals surface area (Å²) in [7, 11) is -22.7. The van der Waals surface area contributed by atoms with Gasteiger partial charge in [0.05, 0.1) is 24.8 Å². The van der Waals surface area contributed by atoms with Crippen molar-refractivity contribution in [2.45, 2.75) is 224 Å². The van der Waals surface area contributed by atoms with Crippen LogP contribution in [0.5, 0.6) is 0 Å². The topological polar surface area (TPSA) is 328 Å². The number of allylic oxidation sites excluding steroid dienone is 1. The van der Waals surface area contributed by atoms with Crippen LogP contribution in [0.15, 0.2) is 42.5 Å². The van der Waals surface area contributed by atoms with Crippen LogP contribution >= 0.6 is 0 Å². The van der Waals surface area contributed by atoms with Gasteiger partial charge in [-0.2, -0.15) is 33.7 Å². The van der Waals surface area contributed by atoms with E-state index in [1.54, 1.807) is 24.3 Å². The molecule has 1 aliphatic heterocycles. The molecule has 22 nitrogen and oxygen atoms in total. The molecule has 1 amide bonds. The second kappa shape index (κ2) is 36.4. The summed E-state index contributed by atoms with van der Waals surface area (Å²) in [4.78, 5) is 27.3. The number of benzene rings is 1. The lowest BCUT2D eigenvalue weighted by Gasteiger charge is -2.43. The van der Waals surface area contributed by atoms with Crippen LogP contribution in [-0.4, -0.2) is 120 Å². The number of rotatable bonds is 43. The van der Waals surface area contributed by atoms with E-state index in [1.807, 2.05) is 0 Å². The highest BCUT2D eigenvalue weighted by atomic mass is 32.3. The Bertz CT molecular complexity index is 2160. The molecule has 1 fully saturated rings. The molecule has 5 N–H and O–H groups in total. The predicted octanol–water partition coefficient (Wildman–Crippen LogP) is 8.56. The smallest absolute Gasteiger partial charge is 0.397 e. The fourth-order valence-corrected chi connectivity index (χ4v) is 10.0. The molecule has 73 heavy (non-hydrogen) atoms. The van der Waals surface area contributed by atoms with Crippen molar-refractivity contribution >= 4 is 53.5 Å². The van der Waals surface area contributed by atoms with Crippen LogP contribution in [0.25, 0.3) is 0 Å². The Hall–Kier alpha value is -2.70. The van der Waals surface area contributed by atoms with Crippen molar-refractivity contribution in [3.8, 4) is 0 Å². The fraction of sp³-hybridized carbons (Fsp3) is 0.787. The highest BCUT2D eigenvalue weighted by Gasteiger charge is 2.54. The molecule has 1 aromatic rings. The molecule has 1 saturated heterocycles. The number of amides is 1. The van der Waals surface area contributed by atoms with Gasteiger partial charge in [0.15, 0.2) is 12.4 Å². The number of nitrogens with one attached hydrogen (secondary N) is 1. The van der Waals surface area contributed by atoms with Crippen molar-refractivity contribution in [3.63, 3.8) is 0 Å². The van der Waals surface area contributed by atoms with Crippen LogP contribution in [-0.2, 0) is 77.3 Å². The second-order valence-corrected chi connectivity index (χ2v) is 22.4. The van der Waals surface area contributed by atoms with Gasteiger partial charge in [-0.05, 0) is 37.5 Å². The van der Waals surface area contributed by atoms with Crippen LogP contribution in [0.1, 0.15) is 191 Å². The second-order valence-electron chi connectivity index (χ2n) is 18.2. The molecule has 1 aliphatic rings. The van der Waals surface area contributed by atoms with Crippen molar-refractivity contribution < 1.29 is 92.4 Å².